The van der Waals surface area contributed by atoms with Gasteiger partial charge in [0.25, 0.3) is 0 Å². The van der Waals surface area contributed by atoms with Crippen LogP contribution in [0.3, 0.4) is 0 Å². The minimum absolute atomic E-state index is 0.234. The van der Waals surface area contributed by atoms with Gasteiger partial charge < -0.3 is 34.2 Å². The van der Waals surface area contributed by atoms with Crippen LogP contribution in [0.15, 0.2) is 81.9 Å². The van der Waals surface area contributed by atoms with E-state index in [1.165, 1.54) is 6.92 Å². The Hall–Kier alpha value is -3.32. The first-order valence-corrected chi connectivity index (χ1v) is 17.8. The van der Waals surface area contributed by atoms with Crippen molar-refractivity contribution in [3.63, 3.8) is 0 Å². The molecule has 248 valence electrons. The summed E-state index contributed by atoms with van der Waals surface area (Å²) >= 11 is 1.59. The molecule has 0 aliphatic carbocycles. The molecular weight excluding hydrogens is 629 g/mol. The molecule has 46 heavy (non-hydrogen) atoms. The van der Waals surface area contributed by atoms with Crippen LogP contribution in [0, 0.1) is 0 Å². The van der Waals surface area contributed by atoms with Gasteiger partial charge in [-0.25, -0.2) is 9.56 Å². The van der Waals surface area contributed by atoms with Crippen molar-refractivity contribution in [2.75, 3.05) is 29.9 Å². The first-order chi connectivity index (χ1) is 22.0. The maximum Gasteiger partial charge on any atom is 0.459 e. The number of nitrogens with zero attached hydrogens (tertiary/aromatic N) is 3. The summed E-state index contributed by atoms with van der Waals surface area (Å²) in [6, 6.07) is 13.8. The molecule has 12 nitrogen and oxygen atoms in total. The second kappa shape index (κ2) is 14.6. The number of benzene rings is 2. The Morgan fingerprint density at radius 2 is 1.98 bits per heavy atom. The molecule has 5 rings (SSSR count). The summed E-state index contributed by atoms with van der Waals surface area (Å²) in [4.78, 5) is 23.2. The second-order valence-electron chi connectivity index (χ2n) is 11.3. The molecule has 3 heterocycles. The summed E-state index contributed by atoms with van der Waals surface area (Å²) in [5.41, 5.74) is 2.13. The van der Waals surface area contributed by atoms with Crippen molar-refractivity contribution in [3.05, 3.63) is 72.0 Å². The van der Waals surface area contributed by atoms with E-state index in [1.54, 1.807) is 60.8 Å². The number of hydrogen-bond donors (Lipinski definition) is 3. The number of hydrogen-bond acceptors (Lipinski definition) is 12. The molecule has 1 fully saturated rings. The molecular formula is C32H42N5O7PS. The van der Waals surface area contributed by atoms with Crippen LogP contribution in [0.2, 0.25) is 0 Å². The summed E-state index contributed by atoms with van der Waals surface area (Å²) in [5, 5.41) is 17.0. The van der Waals surface area contributed by atoms with E-state index in [-0.39, 0.29) is 24.9 Å². The topological polar surface area (TPSA) is 134 Å². The van der Waals surface area contributed by atoms with Crippen LogP contribution >= 0.6 is 19.5 Å². The number of ether oxygens (including phenoxy) is 2. The molecule has 3 aliphatic rings. The largest absolute Gasteiger partial charge is 0.462 e. The lowest BCUT2D eigenvalue weighted by Gasteiger charge is -2.34. The predicted molar refractivity (Wildman–Crippen MR) is 180 cm³/mol. The fourth-order valence-corrected chi connectivity index (χ4v) is 7.65. The summed E-state index contributed by atoms with van der Waals surface area (Å²) in [7, 11) is -4.12. The van der Waals surface area contributed by atoms with E-state index < -0.39 is 38.2 Å². The van der Waals surface area contributed by atoms with Gasteiger partial charge in [0, 0.05) is 36.3 Å². The normalized spacial score (nSPS) is 22.5. The third kappa shape index (κ3) is 7.96. The molecule has 0 aromatic heterocycles. The molecule has 0 spiro atoms. The number of carbonyl (C=O) groups is 1. The van der Waals surface area contributed by atoms with Crippen molar-refractivity contribution in [3.8, 4) is 5.75 Å². The Balaban J connectivity index is 1.26. The van der Waals surface area contributed by atoms with Crippen LogP contribution < -0.4 is 19.8 Å². The number of amidine groups is 1. The van der Waals surface area contributed by atoms with Gasteiger partial charge in [0.05, 0.1) is 29.4 Å². The monoisotopic (exact) mass is 671 g/mol. The highest BCUT2D eigenvalue weighted by Crippen LogP contribution is 2.46. The molecule has 0 saturated carbocycles. The minimum Gasteiger partial charge on any atom is -0.462 e. The summed E-state index contributed by atoms with van der Waals surface area (Å²) in [5.74, 6) is 0.824. The number of aliphatic hydroxyl groups is 1. The first kappa shape index (κ1) is 34.0. The number of carbonyl (C=O) groups excluding carboxylic acids is 1. The lowest BCUT2D eigenvalue weighted by Crippen LogP contribution is -2.37. The van der Waals surface area contributed by atoms with Crippen LogP contribution in [0.1, 0.15) is 41.0 Å². The first-order valence-electron chi connectivity index (χ1n) is 15.4. The second-order valence-corrected chi connectivity index (χ2v) is 14.1. The molecule has 0 bridgehead atoms. The van der Waals surface area contributed by atoms with Gasteiger partial charge >= 0.3 is 13.7 Å². The smallest absolute Gasteiger partial charge is 0.459 e. The van der Waals surface area contributed by atoms with Crippen LogP contribution in [0.25, 0.3) is 0 Å². The van der Waals surface area contributed by atoms with Gasteiger partial charge in [-0.1, -0.05) is 36.5 Å². The van der Waals surface area contributed by atoms with Crippen LogP contribution in [-0.4, -0.2) is 72.1 Å². The Morgan fingerprint density at radius 3 is 2.67 bits per heavy atom. The Kier molecular flexibility index (Phi) is 10.8. The maximum absolute atomic E-state index is 13.9. The summed E-state index contributed by atoms with van der Waals surface area (Å²) < 4.78 is 36.8. The predicted octanol–water partition coefficient (Wildman–Crippen LogP) is 5.69. The van der Waals surface area contributed by atoms with E-state index in [0.717, 1.165) is 34.3 Å². The van der Waals surface area contributed by atoms with E-state index in [2.05, 4.69) is 53.9 Å². The summed E-state index contributed by atoms with van der Waals surface area (Å²) in [6.45, 7) is 14.9. The Bertz CT molecular complexity index is 1530. The number of fused-ring (bicyclic) bond motifs is 2. The third-order valence-corrected chi connectivity index (χ3v) is 10.3. The molecule has 3 N–H and O–H groups in total. The highest BCUT2D eigenvalue weighted by Gasteiger charge is 2.42. The highest BCUT2D eigenvalue weighted by molar-refractivity contribution is 8.04. The molecule has 3 aliphatic heterocycles. The molecule has 5 atom stereocenters. The quantitative estimate of drug-likeness (QED) is 0.179. The number of rotatable bonds is 13. The van der Waals surface area contributed by atoms with Gasteiger partial charge in [-0.3, -0.25) is 9.32 Å². The average molecular weight is 672 g/mol. The lowest BCUT2D eigenvalue weighted by atomic mass is 10.2. The van der Waals surface area contributed by atoms with Crippen LogP contribution in [0.5, 0.6) is 5.75 Å². The van der Waals surface area contributed by atoms with Crippen LogP contribution in [0.4, 0.5) is 11.4 Å². The standard InChI is InChI=1S/C32H42N5O7PS/c1-7-36(8-2)23-14-15-28-25(16-23)34-31-29(46-28)18-37(22(6)33-31)30-17-26(38)27(43-30)19-41-45(40,44-24-12-10-9-11-13-24)35-21(5)32(39)42-20(3)4/h9-16,18,20-21,26-27,30,38H,6-8,17,19H2,1-5H3,(H,33,34)(H,35,40)/t21-,26+,27+,30+,45?/m0/s1. The van der Waals surface area contributed by atoms with E-state index in [4.69, 9.17) is 23.5 Å². The zero-order valence-corrected chi connectivity index (χ0v) is 28.4. The molecule has 0 amide bonds. The molecule has 0 radical (unpaired) electrons. The molecule has 1 saturated heterocycles. The highest BCUT2D eigenvalue weighted by atomic mass is 32.2. The van der Waals surface area contributed by atoms with Crippen LogP contribution in [-0.2, 0) is 23.4 Å². The van der Waals surface area contributed by atoms with E-state index in [9.17, 15) is 14.5 Å². The van der Waals surface area contributed by atoms with E-state index in [0.29, 0.717) is 11.7 Å². The number of aliphatic imine (C=N–C) groups is 1. The molecule has 2 aromatic carbocycles. The van der Waals surface area contributed by atoms with Gasteiger partial charge in [-0.15, -0.1) is 0 Å². The van der Waals surface area contributed by atoms with Gasteiger partial charge in [-0.05, 0) is 65.0 Å². The lowest BCUT2D eigenvalue weighted by molar-refractivity contribution is -0.149. The Labute approximate surface area is 274 Å². The minimum atomic E-state index is -4.12. The fourth-order valence-electron chi connectivity index (χ4n) is 5.20. The molecule has 1 unspecified atom stereocenters. The number of thioether (sulfide) groups is 1. The van der Waals surface area contributed by atoms with Gasteiger partial charge in [0.2, 0.25) is 0 Å². The van der Waals surface area contributed by atoms with Gasteiger partial charge in [0.1, 0.15) is 35.8 Å². The van der Waals surface area contributed by atoms with Gasteiger partial charge in [-0.2, -0.15) is 5.09 Å². The van der Waals surface area contributed by atoms with E-state index >= 15 is 0 Å². The zero-order chi connectivity index (χ0) is 33.0. The number of anilines is 2. The number of aliphatic hydroxyl groups excluding tert-OH is 1. The fraction of sp³-hybridized carbons (Fsp3) is 0.438. The van der Waals surface area contributed by atoms with Crippen molar-refractivity contribution in [1.82, 2.24) is 9.99 Å². The van der Waals surface area contributed by atoms with Crippen molar-refractivity contribution < 1.29 is 33.0 Å². The SMILES string of the molecule is C=C1N=C2Nc3cc(N(CC)CC)ccc3SC2=CN1[C@H]1C[C@@H](O)[C@@H](COP(=O)(N[C@@H](C)C(=O)OC(C)C)Oc2ccccc2)O1. The Morgan fingerprint density at radius 1 is 1.24 bits per heavy atom. The maximum atomic E-state index is 13.9. The number of para-hydroxylation sites is 1. The zero-order valence-electron chi connectivity index (χ0n) is 26.7. The third-order valence-electron chi connectivity index (χ3n) is 7.54. The summed E-state index contributed by atoms with van der Waals surface area (Å²) in [6.07, 6.45) is -0.580. The molecule has 14 heteroatoms. The van der Waals surface area contributed by atoms with E-state index in [1.807, 2.05) is 6.20 Å². The van der Waals surface area contributed by atoms with Crippen molar-refractivity contribution in [2.24, 2.45) is 4.99 Å². The number of esters is 1. The van der Waals surface area contributed by atoms with Gasteiger partial charge in [0.15, 0.2) is 0 Å². The molecule has 2 aromatic rings. The number of nitrogens with one attached hydrogen (secondary N) is 2. The van der Waals surface area contributed by atoms with Crippen molar-refractivity contribution in [1.29, 1.82) is 0 Å². The van der Waals surface area contributed by atoms with Crippen molar-refractivity contribution >= 4 is 42.7 Å². The average Bonchev–Trinajstić information content (AvgIpc) is 3.39. The van der Waals surface area contributed by atoms with Crippen molar-refractivity contribution in [2.45, 2.75) is 76.5 Å².